The number of aliphatic imine (C=N–C) groups is 1. The van der Waals surface area contributed by atoms with E-state index < -0.39 is 0 Å². The highest BCUT2D eigenvalue weighted by Crippen LogP contribution is 2.10. The van der Waals surface area contributed by atoms with Crippen LogP contribution in [0.1, 0.15) is 30.9 Å². The van der Waals surface area contributed by atoms with E-state index >= 15 is 0 Å². The molecule has 0 aromatic heterocycles. The number of hydrogen-bond acceptors (Lipinski definition) is 4. The molecule has 154 valence electrons. The molecular formula is C20H36IN5O. The molecule has 2 rings (SSSR count). The monoisotopic (exact) mass is 489 g/mol. The zero-order chi connectivity index (χ0) is 18.6. The van der Waals surface area contributed by atoms with E-state index in [1.807, 2.05) is 6.92 Å². The minimum Gasteiger partial charge on any atom is -0.382 e. The second-order valence-electron chi connectivity index (χ2n) is 6.93. The van der Waals surface area contributed by atoms with Crippen LogP contribution < -0.4 is 11.1 Å². The van der Waals surface area contributed by atoms with E-state index in [1.54, 1.807) is 0 Å². The molecule has 0 atom stereocenters. The van der Waals surface area contributed by atoms with Gasteiger partial charge in [0.15, 0.2) is 5.96 Å². The maximum atomic E-state index is 5.90. The van der Waals surface area contributed by atoms with E-state index in [-0.39, 0.29) is 24.0 Å². The van der Waals surface area contributed by atoms with Gasteiger partial charge in [0.1, 0.15) is 0 Å². The zero-order valence-electron chi connectivity index (χ0n) is 16.8. The van der Waals surface area contributed by atoms with E-state index in [0.717, 1.165) is 45.8 Å². The molecular weight excluding hydrogens is 453 g/mol. The molecule has 0 amide bonds. The Labute approximate surface area is 181 Å². The lowest BCUT2D eigenvalue weighted by Crippen LogP contribution is -2.32. The third-order valence-electron chi connectivity index (χ3n) is 4.65. The van der Waals surface area contributed by atoms with Crippen molar-refractivity contribution >= 4 is 29.9 Å². The predicted octanol–water partition coefficient (Wildman–Crippen LogP) is 2.27. The average molecular weight is 489 g/mol. The Kier molecular flexibility index (Phi) is 12.6. The van der Waals surface area contributed by atoms with Crippen molar-refractivity contribution in [2.45, 2.75) is 32.9 Å². The molecule has 1 aliphatic rings. The van der Waals surface area contributed by atoms with E-state index in [1.165, 1.54) is 30.6 Å². The molecule has 1 heterocycles. The lowest BCUT2D eigenvalue weighted by Gasteiger charge is -2.20. The summed E-state index contributed by atoms with van der Waals surface area (Å²) in [7, 11) is 2.21. The predicted molar refractivity (Wildman–Crippen MR) is 124 cm³/mol. The fraction of sp³-hybridized carbons (Fsp3) is 0.650. The summed E-state index contributed by atoms with van der Waals surface area (Å²) in [6.45, 7) is 10.6. The van der Waals surface area contributed by atoms with E-state index in [2.05, 4.69) is 51.4 Å². The van der Waals surface area contributed by atoms with Gasteiger partial charge < -0.3 is 20.7 Å². The largest absolute Gasteiger partial charge is 0.382 e. The molecule has 1 fully saturated rings. The lowest BCUT2D eigenvalue weighted by atomic mass is 10.1. The highest BCUT2D eigenvalue weighted by Gasteiger charge is 2.12. The molecule has 1 saturated heterocycles. The molecule has 0 spiro atoms. The highest BCUT2D eigenvalue weighted by atomic mass is 127. The van der Waals surface area contributed by atoms with Gasteiger partial charge in [-0.05, 0) is 51.0 Å². The molecule has 1 aromatic carbocycles. The summed E-state index contributed by atoms with van der Waals surface area (Å²) >= 11 is 0. The summed E-state index contributed by atoms with van der Waals surface area (Å²) in [6.07, 6.45) is 2.19. The van der Waals surface area contributed by atoms with Crippen LogP contribution in [-0.4, -0.2) is 68.7 Å². The summed E-state index contributed by atoms with van der Waals surface area (Å²) in [6, 6.07) is 8.74. The summed E-state index contributed by atoms with van der Waals surface area (Å²) in [5.41, 5.74) is 8.45. The van der Waals surface area contributed by atoms with Crippen LogP contribution in [0.15, 0.2) is 29.3 Å². The first-order valence-corrected chi connectivity index (χ1v) is 9.77. The first kappa shape index (κ1) is 24.1. The lowest BCUT2D eigenvalue weighted by molar-refractivity contribution is 0.145. The Morgan fingerprint density at radius 2 is 1.89 bits per heavy atom. The van der Waals surface area contributed by atoms with Crippen LogP contribution in [0.5, 0.6) is 0 Å². The third-order valence-corrected chi connectivity index (χ3v) is 4.65. The van der Waals surface area contributed by atoms with Crippen molar-refractivity contribution in [1.82, 2.24) is 15.1 Å². The fourth-order valence-electron chi connectivity index (χ4n) is 3.03. The summed E-state index contributed by atoms with van der Waals surface area (Å²) < 4.78 is 5.30. The summed E-state index contributed by atoms with van der Waals surface area (Å²) in [4.78, 5) is 9.36. The van der Waals surface area contributed by atoms with Gasteiger partial charge in [-0.1, -0.05) is 24.3 Å². The van der Waals surface area contributed by atoms with Crippen LogP contribution >= 0.6 is 24.0 Å². The van der Waals surface area contributed by atoms with Gasteiger partial charge in [-0.15, -0.1) is 24.0 Å². The van der Waals surface area contributed by atoms with Crippen LogP contribution in [0.2, 0.25) is 0 Å². The number of rotatable bonds is 9. The number of nitrogens with zero attached hydrogens (tertiary/aromatic N) is 3. The van der Waals surface area contributed by atoms with Crippen LogP contribution in [0.4, 0.5) is 0 Å². The Bertz CT molecular complexity index is 538. The molecule has 27 heavy (non-hydrogen) atoms. The Morgan fingerprint density at radius 3 is 2.63 bits per heavy atom. The highest BCUT2D eigenvalue weighted by molar-refractivity contribution is 14.0. The molecule has 0 saturated carbocycles. The van der Waals surface area contributed by atoms with Gasteiger partial charge in [-0.25, -0.2) is 4.99 Å². The van der Waals surface area contributed by atoms with Crippen molar-refractivity contribution in [1.29, 1.82) is 0 Å². The number of benzene rings is 1. The molecule has 0 aliphatic carbocycles. The fourth-order valence-corrected chi connectivity index (χ4v) is 3.03. The van der Waals surface area contributed by atoms with E-state index in [0.29, 0.717) is 12.5 Å². The van der Waals surface area contributed by atoms with Gasteiger partial charge in [-0.3, -0.25) is 4.90 Å². The first-order valence-electron chi connectivity index (χ1n) is 9.77. The number of nitrogens with one attached hydrogen (secondary N) is 1. The Balaban J connectivity index is 0.00000364. The maximum Gasteiger partial charge on any atom is 0.188 e. The van der Waals surface area contributed by atoms with Crippen molar-refractivity contribution in [2.24, 2.45) is 10.7 Å². The van der Waals surface area contributed by atoms with Gasteiger partial charge in [0, 0.05) is 39.4 Å². The number of hydrogen-bond donors (Lipinski definition) is 2. The van der Waals surface area contributed by atoms with Crippen LogP contribution in [0.3, 0.4) is 0 Å². The molecule has 0 unspecified atom stereocenters. The topological polar surface area (TPSA) is 66.1 Å². The van der Waals surface area contributed by atoms with Gasteiger partial charge >= 0.3 is 0 Å². The molecule has 3 N–H and O–H groups in total. The second kappa shape index (κ2) is 14.1. The minimum absolute atomic E-state index is 0. The number of ether oxygens (including phenoxy) is 1. The van der Waals surface area contributed by atoms with Crippen molar-refractivity contribution < 1.29 is 4.74 Å². The quantitative estimate of drug-likeness (QED) is 0.241. The van der Waals surface area contributed by atoms with Gasteiger partial charge in [0.2, 0.25) is 0 Å². The summed E-state index contributed by atoms with van der Waals surface area (Å²) in [5, 5.41) is 3.12. The molecule has 0 bridgehead atoms. The standard InChI is InChI=1S/C20H35N5O.HI/c1-3-26-15-4-10-22-20(21)23-16-18-6-8-19(9-7-18)17-25-12-5-11-24(2)13-14-25;/h6-9H,3-5,10-17H2,1-2H3,(H3,21,22,23);1H. The third kappa shape index (κ3) is 10.3. The van der Waals surface area contributed by atoms with Crippen molar-refractivity contribution in [3.8, 4) is 0 Å². The number of halogens is 1. The number of nitrogens with two attached hydrogens (primary N) is 1. The SMILES string of the molecule is CCOCCCNC(N)=NCc1ccc(CN2CCCN(C)CC2)cc1.I. The molecule has 7 heteroatoms. The van der Waals surface area contributed by atoms with E-state index in [9.17, 15) is 0 Å². The Morgan fingerprint density at radius 1 is 1.15 bits per heavy atom. The second-order valence-corrected chi connectivity index (χ2v) is 6.93. The van der Waals surface area contributed by atoms with E-state index in [4.69, 9.17) is 10.5 Å². The first-order chi connectivity index (χ1) is 12.7. The minimum atomic E-state index is 0. The number of guanidine groups is 1. The van der Waals surface area contributed by atoms with Crippen molar-refractivity contribution in [2.75, 3.05) is 53.0 Å². The Hall–Kier alpha value is -0.900. The molecule has 1 aromatic rings. The molecule has 6 nitrogen and oxygen atoms in total. The van der Waals surface area contributed by atoms with Gasteiger partial charge in [0.05, 0.1) is 6.54 Å². The van der Waals surface area contributed by atoms with Crippen molar-refractivity contribution in [3.63, 3.8) is 0 Å². The van der Waals surface area contributed by atoms with Crippen LogP contribution in [0.25, 0.3) is 0 Å². The molecule has 1 aliphatic heterocycles. The van der Waals surface area contributed by atoms with Crippen molar-refractivity contribution in [3.05, 3.63) is 35.4 Å². The number of likely N-dealkylation sites (N-methyl/N-ethyl adjacent to an activating group) is 1. The average Bonchev–Trinajstić information content (AvgIpc) is 2.85. The van der Waals surface area contributed by atoms with Crippen LogP contribution in [-0.2, 0) is 17.8 Å². The smallest absolute Gasteiger partial charge is 0.188 e. The van der Waals surface area contributed by atoms with Crippen LogP contribution in [0, 0.1) is 0 Å². The maximum absolute atomic E-state index is 5.90. The zero-order valence-corrected chi connectivity index (χ0v) is 19.2. The van der Waals surface area contributed by atoms with Gasteiger partial charge in [-0.2, -0.15) is 0 Å². The van der Waals surface area contributed by atoms with Gasteiger partial charge in [0.25, 0.3) is 0 Å². The molecule has 0 radical (unpaired) electrons. The normalized spacial score (nSPS) is 16.6. The summed E-state index contributed by atoms with van der Waals surface area (Å²) in [5.74, 6) is 0.499.